The molecule has 0 unspecified atom stereocenters. The van der Waals surface area contributed by atoms with Gasteiger partial charge in [0.05, 0.1) is 12.3 Å². The van der Waals surface area contributed by atoms with Crippen LogP contribution < -0.4 is 14.6 Å². The Morgan fingerprint density at radius 3 is 2.31 bits per heavy atom. The van der Waals surface area contributed by atoms with E-state index in [9.17, 15) is 4.79 Å². The predicted octanol–water partition coefficient (Wildman–Crippen LogP) is 3.60. The van der Waals surface area contributed by atoms with Gasteiger partial charge in [-0.05, 0) is 36.6 Å². The molecule has 0 bridgehead atoms. The molecular formula is C22H23N2O2+. The standard InChI is InChI=1S/C22H22N2O2/c1-2-26-21-11-7-6-10-20(21)23-22(25)17-24-14-12-19(13-15-24)16-18-8-4-3-5-9-18/h3-15H,2,16-17H2,1H3/p+1. The summed E-state index contributed by atoms with van der Waals surface area (Å²) in [5.41, 5.74) is 3.19. The molecule has 0 radical (unpaired) electrons. The Bertz CT molecular complexity index is 846. The second-order valence-electron chi connectivity index (χ2n) is 6.02. The smallest absolute Gasteiger partial charge is 0.290 e. The van der Waals surface area contributed by atoms with E-state index < -0.39 is 0 Å². The number of para-hydroxylation sites is 2. The molecule has 0 saturated heterocycles. The van der Waals surface area contributed by atoms with Gasteiger partial charge in [-0.25, -0.2) is 0 Å². The molecule has 2 aromatic carbocycles. The molecule has 26 heavy (non-hydrogen) atoms. The molecule has 4 nitrogen and oxygen atoms in total. The van der Waals surface area contributed by atoms with E-state index in [1.165, 1.54) is 11.1 Å². The number of pyridine rings is 1. The number of carbonyl (C=O) groups excluding carboxylic acids is 1. The quantitative estimate of drug-likeness (QED) is 0.664. The van der Waals surface area contributed by atoms with Crippen LogP contribution in [0.25, 0.3) is 0 Å². The highest BCUT2D eigenvalue weighted by Gasteiger charge is 2.12. The van der Waals surface area contributed by atoms with Gasteiger partial charge >= 0.3 is 0 Å². The fourth-order valence-corrected chi connectivity index (χ4v) is 2.75. The summed E-state index contributed by atoms with van der Waals surface area (Å²) in [6, 6.07) is 21.9. The molecule has 1 amide bonds. The van der Waals surface area contributed by atoms with Gasteiger partial charge in [0, 0.05) is 12.1 Å². The number of ether oxygens (including phenoxy) is 1. The van der Waals surface area contributed by atoms with E-state index in [0.29, 0.717) is 18.0 Å². The number of nitrogens with one attached hydrogen (secondary N) is 1. The fourth-order valence-electron chi connectivity index (χ4n) is 2.75. The lowest BCUT2D eigenvalue weighted by Gasteiger charge is -2.10. The van der Waals surface area contributed by atoms with Crippen LogP contribution in [0.2, 0.25) is 0 Å². The average Bonchev–Trinajstić information content (AvgIpc) is 2.66. The van der Waals surface area contributed by atoms with E-state index in [2.05, 4.69) is 29.6 Å². The number of amides is 1. The topological polar surface area (TPSA) is 42.2 Å². The first kappa shape index (κ1) is 17.7. The Hall–Kier alpha value is -3.14. The van der Waals surface area contributed by atoms with Crippen LogP contribution in [-0.2, 0) is 17.8 Å². The van der Waals surface area contributed by atoms with Crippen LogP contribution in [0.15, 0.2) is 79.1 Å². The number of rotatable bonds is 7. The lowest BCUT2D eigenvalue weighted by atomic mass is 10.1. The highest BCUT2D eigenvalue weighted by atomic mass is 16.5. The molecule has 0 aliphatic rings. The first-order valence-corrected chi connectivity index (χ1v) is 8.78. The van der Waals surface area contributed by atoms with Gasteiger partial charge in [-0.3, -0.25) is 4.79 Å². The molecule has 0 saturated carbocycles. The molecule has 0 aliphatic heterocycles. The molecule has 3 aromatic rings. The Balaban J connectivity index is 1.59. The SMILES string of the molecule is CCOc1ccccc1NC(=O)C[n+]1ccc(Cc2ccccc2)cc1. The van der Waals surface area contributed by atoms with Crippen molar-refractivity contribution in [3.63, 3.8) is 0 Å². The molecular weight excluding hydrogens is 324 g/mol. The summed E-state index contributed by atoms with van der Waals surface area (Å²) in [7, 11) is 0. The van der Waals surface area contributed by atoms with Crippen molar-refractivity contribution in [2.24, 2.45) is 0 Å². The number of hydrogen-bond acceptors (Lipinski definition) is 2. The molecule has 1 heterocycles. The first-order valence-electron chi connectivity index (χ1n) is 8.78. The zero-order valence-electron chi connectivity index (χ0n) is 14.9. The van der Waals surface area contributed by atoms with Crippen LogP contribution in [0.4, 0.5) is 5.69 Å². The Morgan fingerprint density at radius 1 is 0.923 bits per heavy atom. The van der Waals surface area contributed by atoms with Gasteiger partial charge in [-0.1, -0.05) is 42.5 Å². The van der Waals surface area contributed by atoms with Crippen molar-refractivity contribution in [1.82, 2.24) is 0 Å². The third-order valence-electron chi connectivity index (χ3n) is 4.00. The zero-order chi connectivity index (χ0) is 18.2. The molecule has 1 aromatic heterocycles. The maximum Gasteiger partial charge on any atom is 0.290 e. The summed E-state index contributed by atoms with van der Waals surface area (Å²) in [6.45, 7) is 2.74. The van der Waals surface area contributed by atoms with Crippen molar-refractivity contribution in [2.75, 3.05) is 11.9 Å². The first-order chi connectivity index (χ1) is 12.7. The normalized spacial score (nSPS) is 10.3. The van der Waals surface area contributed by atoms with Gasteiger partial charge in [0.15, 0.2) is 12.4 Å². The van der Waals surface area contributed by atoms with Gasteiger partial charge in [0.25, 0.3) is 5.91 Å². The van der Waals surface area contributed by atoms with E-state index in [1.54, 1.807) is 0 Å². The van der Waals surface area contributed by atoms with Gasteiger partial charge in [-0.2, -0.15) is 4.57 Å². The maximum absolute atomic E-state index is 12.3. The molecule has 4 heteroatoms. The van der Waals surface area contributed by atoms with E-state index in [1.807, 2.05) is 66.3 Å². The largest absolute Gasteiger partial charge is 0.492 e. The number of nitrogens with zero attached hydrogens (tertiary/aromatic N) is 1. The summed E-state index contributed by atoms with van der Waals surface area (Å²) in [6.07, 6.45) is 4.76. The van der Waals surface area contributed by atoms with Crippen LogP contribution >= 0.6 is 0 Å². The molecule has 1 N–H and O–H groups in total. The van der Waals surface area contributed by atoms with E-state index in [-0.39, 0.29) is 12.5 Å². The van der Waals surface area contributed by atoms with Gasteiger partial charge in [-0.15, -0.1) is 0 Å². The van der Waals surface area contributed by atoms with Crippen molar-refractivity contribution < 1.29 is 14.1 Å². The lowest BCUT2D eigenvalue weighted by Crippen LogP contribution is -2.39. The van der Waals surface area contributed by atoms with Gasteiger partial charge in [0.2, 0.25) is 6.54 Å². The third-order valence-corrected chi connectivity index (χ3v) is 4.00. The van der Waals surface area contributed by atoms with Crippen molar-refractivity contribution in [2.45, 2.75) is 19.9 Å². The van der Waals surface area contributed by atoms with E-state index in [0.717, 1.165) is 6.42 Å². The maximum atomic E-state index is 12.3. The van der Waals surface area contributed by atoms with Crippen LogP contribution in [0.3, 0.4) is 0 Å². The lowest BCUT2D eigenvalue weighted by molar-refractivity contribution is -0.684. The third kappa shape index (κ3) is 4.93. The Kier molecular flexibility index (Phi) is 5.99. The minimum Gasteiger partial charge on any atom is -0.492 e. The van der Waals surface area contributed by atoms with Crippen molar-refractivity contribution in [3.8, 4) is 5.75 Å². The van der Waals surface area contributed by atoms with Crippen LogP contribution in [0, 0.1) is 0 Å². The molecule has 132 valence electrons. The fraction of sp³-hybridized carbons (Fsp3) is 0.182. The predicted molar refractivity (Wildman–Crippen MR) is 102 cm³/mol. The number of hydrogen-bond donors (Lipinski definition) is 1. The van der Waals surface area contributed by atoms with Gasteiger partial charge in [0.1, 0.15) is 5.75 Å². The number of benzene rings is 2. The van der Waals surface area contributed by atoms with E-state index in [4.69, 9.17) is 4.74 Å². The minimum atomic E-state index is -0.0852. The van der Waals surface area contributed by atoms with Crippen molar-refractivity contribution >= 4 is 11.6 Å². The molecule has 3 rings (SSSR count). The zero-order valence-corrected chi connectivity index (χ0v) is 14.9. The Morgan fingerprint density at radius 2 is 1.58 bits per heavy atom. The Labute approximate surface area is 154 Å². The van der Waals surface area contributed by atoms with E-state index >= 15 is 0 Å². The van der Waals surface area contributed by atoms with Crippen LogP contribution in [0.5, 0.6) is 5.75 Å². The van der Waals surface area contributed by atoms with Crippen LogP contribution in [-0.4, -0.2) is 12.5 Å². The van der Waals surface area contributed by atoms with Gasteiger partial charge < -0.3 is 10.1 Å². The van der Waals surface area contributed by atoms with Crippen molar-refractivity contribution in [1.29, 1.82) is 0 Å². The molecule has 0 atom stereocenters. The molecule has 0 spiro atoms. The van der Waals surface area contributed by atoms with Crippen molar-refractivity contribution in [3.05, 3.63) is 90.3 Å². The van der Waals surface area contributed by atoms with Crippen LogP contribution in [0.1, 0.15) is 18.1 Å². The average molecular weight is 347 g/mol. The second-order valence-corrected chi connectivity index (χ2v) is 6.02. The summed E-state index contributed by atoms with van der Waals surface area (Å²) in [5, 5.41) is 2.91. The summed E-state index contributed by atoms with van der Waals surface area (Å²) >= 11 is 0. The second kappa shape index (κ2) is 8.81. The number of anilines is 1. The number of carbonyl (C=O) groups is 1. The highest BCUT2D eigenvalue weighted by molar-refractivity contribution is 5.91. The summed E-state index contributed by atoms with van der Waals surface area (Å²) < 4.78 is 7.41. The highest BCUT2D eigenvalue weighted by Crippen LogP contribution is 2.23. The molecule has 0 aliphatic carbocycles. The molecule has 0 fully saturated rings. The monoisotopic (exact) mass is 347 g/mol. The minimum absolute atomic E-state index is 0.0852. The summed E-state index contributed by atoms with van der Waals surface area (Å²) in [4.78, 5) is 12.3. The number of aromatic nitrogens is 1. The summed E-state index contributed by atoms with van der Waals surface area (Å²) in [5.74, 6) is 0.601.